The van der Waals surface area contributed by atoms with Gasteiger partial charge in [-0.1, -0.05) is 30.3 Å². The molecule has 0 fully saturated rings. The van der Waals surface area contributed by atoms with Gasteiger partial charge in [-0.05, 0) is 48.0 Å². The highest BCUT2D eigenvalue weighted by Gasteiger charge is 2.17. The van der Waals surface area contributed by atoms with Crippen LogP contribution in [0.2, 0.25) is 0 Å². The Hall–Kier alpha value is -4.19. The van der Waals surface area contributed by atoms with Crippen LogP contribution < -0.4 is 0 Å². The lowest BCUT2D eigenvalue weighted by atomic mass is 10.0. The van der Waals surface area contributed by atoms with Gasteiger partial charge < -0.3 is 15.3 Å². The van der Waals surface area contributed by atoms with E-state index in [0.717, 1.165) is 0 Å². The summed E-state index contributed by atoms with van der Waals surface area (Å²) in [5.41, 5.74) is 1.91. The maximum absolute atomic E-state index is 12.7. The van der Waals surface area contributed by atoms with Crippen LogP contribution in [0.3, 0.4) is 0 Å². The first-order valence-corrected chi connectivity index (χ1v) is 8.81. The van der Waals surface area contributed by atoms with Crippen LogP contribution in [0.4, 0.5) is 0 Å². The second kappa shape index (κ2) is 7.44. The Balaban J connectivity index is 1.71. The molecule has 0 aliphatic rings. The SMILES string of the molecule is O=C(c1ccccn1)c1ccc2ccc(C=Cc3ccc(O)c(O)c3)nc2c1O. The highest BCUT2D eigenvalue weighted by atomic mass is 16.3. The number of pyridine rings is 2. The van der Waals surface area contributed by atoms with Crippen molar-refractivity contribution in [3.63, 3.8) is 0 Å². The van der Waals surface area contributed by atoms with E-state index in [0.29, 0.717) is 22.2 Å². The Morgan fingerprint density at radius 3 is 2.45 bits per heavy atom. The zero-order valence-electron chi connectivity index (χ0n) is 15.1. The molecule has 4 rings (SSSR count). The van der Waals surface area contributed by atoms with Crippen LogP contribution in [-0.4, -0.2) is 31.1 Å². The first-order chi connectivity index (χ1) is 14.0. The van der Waals surface area contributed by atoms with Crippen molar-refractivity contribution in [3.05, 3.63) is 89.4 Å². The van der Waals surface area contributed by atoms with Gasteiger partial charge in [0, 0.05) is 11.6 Å². The number of phenolic OH excluding ortho intramolecular Hbond substituents is 3. The van der Waals surface area contributed by atoms with Crippen molar-refractivity contribution in [2.24, 2.45) is 0 Å². The molecule has 0 amide bonds. The highest BCUT2D eigenvalue weighted by Crippen LogP contribution is 2.30. The summed E-state index contributed by atoms with van der Waals surface area (Å²) in [5, 5.41) is 30.3. The quantitative estimate of drug-likeness (QED) is 0.361. The zero-order valence-corrected chi connectivity index (χ0v) is 15.1. The third kappa shape index (κ3) is 3.64. The molecule has 0 atom stereocenters. The summed E-state index contributed by atoms with van der Waals surface area (Å²) in [6.45, 7) is 0. The monoisotopic (exact) mass is 384 g/mol. The van der Waals surface area contributed by atoms with Crippen molar-refractivity contribution in [1.82, 2.24) is 9.97 Å². The van der Waals surface area contributed by atoms with Crippen molar-refractivity contribution in [2.45, 2.75) is 0 Å². The number of fused-ring (bicyclic) bond motifs is 1. The Labute approximate surface area is 166 Å². The molecule has 142 valence electrons. The van der Waals surface area contributed by atoms with E-state index in [1.54, 1.807) is 60.7 Å². The van der Waals surface area contributed by atoms with Gasteiger partial charge in [0.2, 0.25) is 5.78 Å². The van der Waals surface area contributed by atoms with E-state index in [1.165, 1.54) is 18.3 Å². The molecule has 0 unspecified atom stereocenters. The minimum absolute atomic E-state index is 0.133. The van der Waals surface area contributed by atoms with Gasteiger partial charge in [0.15, 0.2) is 17.2 Å². The van der Waals surface area contributed by atoms with Gasteiger partial charge in [0.25, 0.3) is 0 Å². The molecule has 2 aromatic carbocycles. The Bertz CT molecular complexity index is 1250. The summed E-state index contributed by atoms with van der Waals surface area (Å²) in [5.74, 6) is -0.988. The molecule has 3 N–H and O–H groups in total. The summed E-state index contributed by atoms with van der Waals surface area (Å²) < 4.78 is 0. The van der Waals surface area contributed by atoms with Crippen LogP contribution in [0.25, 0.3) is 23.1 Å². The summed E-state index contributed by atoms with van der Waals surface area (Å²) in [7, 11) is 0. The van der Waals surface area contributed by atoms with Gasteiger partial charge in [-0.25, -0.2) is 4.98 Å². The Morgan fingerprint density at radius 1 is 0.862 bits per heavy atom. The molecular weight excluding hydrogens is 368 g/mol. The van der Waals surface area contributed by atoms with Crippen molar-refractivity contribution in [3.8, 4) is 17.2 Å². The average molecular weight is 384 g/mol. The van der Waals surface area contributed by atoms with E-state index in [2.05, 4.69) is 9.97 Å². The van der Waals surface area contributed by atoms with E-state index < -0.39 is 0 Å². The number of carbonyl (C=O) groups excluding carboxylic acids is 1. The molecule has 29 heavy (non-hydrogen) atoms. The van der Waals surface area contributed by atoms with E-state index in [-0.39, 0.29) is 34.3 Å². The molecule has 2 heterocycles. The number of aromatic nitrogens is 2. The molecule has 0 radical (unpaired) electrons. The van der Waals surface area contributed by atoms with Crippen molar-refractivity contribution in [1.29, 1.82) is 0 Å². The Kier molecular flexibility index (Phi) is 4.66. The number of nitrogens with zero attached hydrogens (tertiary/aromatic N) is 2. The normalized spacial score (nSPS) is 11.2. The lowest BCUT2D eigenvalue weighted by Gasteiger charge is -2.07. The molecule has 0 aliphatic heterocycles. The van der Waals surface area contributed by atoms with Crippen LogP contribution in [0.5, 0.6) is 17.2 Å². The number of aromatic hydroxyl groups is 3. The molecule has 6 nitrogen and oxygen atoms in total. The van der Waals surface area contributed by atoms with Crippen LogP contribution in [-0.2, 0) is 0 Å². The molecule has 0 saturated carbocycles. The van der Waals surface area contributed by atoms with Crippen LogP contribution in [0, 0.1) is 0 Å². The molecule has 2 aromatic heterocycles. The minimum Gasteiger partial charge on any atom is -0.505 e. The maximum Gasteiger partial charge on any atom is 0.215 e. The van der Waals surface area contributed by atoms with Crippen LogP contribution >= 0.6 is 0 Å². The van der Waals surface area contributed by atoms with Gasteiger partial charge in [-0.2, -0.15) is 0 Å². The molecule has 0 bridgehead atoms. The second-order valence-corrected chi connectivity index (χ2v) is 6.40. The molecular formula is C23H16N2O4. The summed E-state index contributed by atoms with van der Waals surface area (Å²) >= 11 is 0. The zero-order chi connectivity index (χ0) is 20.4. The predicted molar refractivity (Wildman–Crippen MR) is 110 cm³/mol. The van der Waals surface area contributed by atoms with Gasteiger partial charge in [0.1, 0.15) is 11.2 Å². The first kappa shape index (κ1) is 18.2. The number of phenols is 3. The van der Waals surface area contributed by atoms with Gasteiger partial charge in [-0.3, -0.25) is 9.78 Å². The third-order valence-electron chi connectivity index (χ3n) is 4.45. The maximum atomic E-state index is 12.7. The Morgan fingerprint density at radius 2 is 1.69 bits per heavy atom. The van der Waals surface area contributed by atoms with E-state index in [1.807, 2.05) is 0 Å². The van der Waals surface area contributed by atoms with E-state index in [9.17, 15) is 20.1 Å². The van der Waals surface area contributed by atoms with Gasteiger partial charge in [0.05, 0.1) is 11.3 Å². The van der Waals surface area contributed by atoms with Gasteiger partial charge >= 0.3 is 0 Å². The summed E-state index contributed by atoms with van der Waals surface area (Å²) in [6.07, 6.45) is 4.94. The lowest BCUT2D eigenvalue weighted by molar-refractivity contribution is 0.103. The third-order valence-corrected chi connectivity index (χ3v) is 4.45. The average Bonchev–Trinajstić information content (AvgIpc) is 2.75. The molecule has 0 saturated heterocycles. The summed E-state index contributed by atoms with van der Waals surface area (Å²) in [4.78, 5) is 21.1. The van der Waals surface area contributed by atoms with Crippen LogP contribution in [0.1, 0.15) is 27.3 Å². The van der Waals surface area contributed by atoms with E-state index >= 15 is 0 Å². The summed E-state index contributed by atoms with van der Waals surface area (Å²) in [6, 6.07) is 16.3. The standard InChI is InChI=1S/C23H16N2O4/c26-19-11-5-14(13-20(19)27)4-8-16-9-6-15-7-10-17(23(29)21(15)25-16)22(28)18-3-1-2-12-24-18/h1-13,26-27,29H. The number of carbonyl (C=O) groups is 1. The largest absolute Gasteiger partial charge is 0.505 e. The highest BCUT2D eigenvalue weighted by molar-refractivity contribution is 6.12. The predicted octanol–water partition coefficient (Wildman–Crippen LogP) is 4.15. The number of hydrogen-bond acceptors (Lipinski definition) is 6. The lowest BCUT2D eigenvalue weighted by Crippen LogP contribution is -2.04. The number of hydrogen-bond donors (Lipinski definition) is 3. The number of rotatable bonds is 4. The van der Waals surface area contributed by atoms with Crippen molar-refractivity contribution < 1.29 is 20.1 Å². The molecule has 6 heteroatoms. The molecule has 0 aliphatic carbocycles. The van der Waals surface area contributed by atoms with Gasteiger partial charge in [-0.15, -0.1) is 0 Å². The van der Waals surface area contributed by atoms with Crippen molar-refractivity contribution in [2.75, 3.05) is 0 Å². The van der Waals surface area contributed by atoms with Crippen molar-refractivity contribution >= 4 is 28.8 Å². The smallest absolute Gasteiger partial charge is 0.215 e. The first-order valence-electron chi connectivity index (χ1n) is 8.81. The van der Waals surface area contributed by atoms with Crippen LogP contribution in [0.15, 0.2) is 66.9 Å². The fourth-order valence-electron chi connectivity index (χ4n) is 2.93. The number of benzene rings is 2. The topological polar surface area (TPSA) is 104 Å². The number of ketones is 1. The fourth-order valence-corrected chi connectivity index (χ4v) is 2.93. The molecule has 0 spiro atoms. The molecule has 4 aromatic rings. The van der Waals surface area contributed by atoms with E-state index in [4.69, 9.17) is 0 Å². The fraction of sp³-hybridized carbons (Fsp3) is 0. The second-order valence-electron chi connectivity index (χ2n) is 6.40. The minimum atomic E-state index is -0.382.